The number of hydrazine groups is 1. The van der Waals surface area contributed by atoms with Crippen molar-refractivity contribution in [2.24, 2.45) is 5.84 Å². The number of hydrogen-bond donors (Lipinski definition) is 2. The van der Waals surface area contributed by atoms with E-state index in [2.05, 4.69) is 19.9 Å². The van der Waals surface area contributed by atoms with Crippen molar-refractivity contribution in [1.29, 1.82) is 0 Å². The lowest BCUT2D eigenvalue weighted by Crippen LogP contribution is -2.51. The van der Waals surface area contributed by atoms with Gasteiger partial charge in [0.1, 0.15) is 11.8 Å². The van der Waals surface area contributed by atoms with Crippen LogP contribution in [-0.4, -0.2) is 52.0 Å². The van der Waals surface area contributed by atoms with Gasteiger partial charge in [0.15, 0.2) is 0 Å². The Kier molecular flexibility index (Phi) is 3.94. The average Bonchev–Trinajstić information content (AvgIpc) is 2.53. The van der Waals surface area contributed by atoms with Crippen LogP contribution in [0.4, 0.5) is 0 Å². The summed E-state index contributed by atoms with van der Waals surface area (Å²) in [6.45, 7) is 1.82. The molecular formula is C14H16N6O2. The number of nitrogens with two attached hydrogens (primary N) is 1. The molecule has 0 saturated carbocycles. The van der Waals surface area contributed by atoms with E-state index < -0.39 is 5.91 Å². The van der Waals surface area contributed by atoms with Crippen molar-refractivity contribution >= 4 is 5.91 Å². The zero-order valence-electron chi connectivity index (χ0n) is 12.1. The van der Waals surface area contributed by atoms with E-state index in [9.17, 15) is 4.79 Å². The number of rotatable bonds is 4. The van der Waals surface area contributed by atoms with Crippen molar-refractivity contribution in [2.75, 3.05) is 20.1 Å². The number of nitrogens with zero attached hydrogens (tertiary/aromatic N) is 4. The maximum Gasteiger partial charge on any atom is 0.285 e. The fraction of sp³-hybridized carbons (Fsp3) is 0.286. The van der Waals surface area contributed by atoms with E-state index in [1.54, 1.807) is 18.5 Å². The SMILES string of the molecule is CN1CC(Oc2ccc(-c3cncc(C(=O)NN)n3)cn2)C1. The molecule has 1 amide bonds. The molecule has 0 atom stereocenters. The molecule has 0 unspecified atom stereocenters. The van der Waals surface area contributed by atoms with Gasteiger partial charge in [-0.1, -0.05) is 0 Å². The normalized spacial score (nSPS) is 15.2. The quantitative estimate of drug-likeness (QED) is 0.459. The van der Waals surface area contributed by atoms with Gasteiger partial charge in [-0.3, -0.25) is 20.1 Å². The first-order valence-corrected chi connectivity index (χ1v) is 6.80. The number of likely N-dealkylation sites (tertiary alicyclic amines) is 1. The first kappa shape index (κ1) is 14.4. The Morgan fingerprint density at radius 2 is 2.18 bits per heavy atom. The third kappa shape index (κ3) is 3.02. The summed E-state index contributed by atoms with van der Waals surface area (Å²) in [6.07, 6.45) is 4.75. The first-order chi connectivity index (χ1) is 10.7. The number of pyridine rings is 1. The predicted molar refractivity (Wildman–Crippen MR) is 78.8 cm³/mol. The van der Waals surface area contributed by atoms with Gasteiger partial charge in [0.05, 0.1) is 18.1 Å². The van der Waals surface area contributed by atoms with E-state index in [0.717, 1.165) is 18.7 Å². The Balaban J connectivity index is 1.73. The summed E-state index contributed by atoms with van der Waals surface area (Å²) in [5.41, 5.74) is 3.47. The summed E-state index contributed by atoms with van der Waals surface area (Å²) >= 11 is 0. The lowest BCUT2D eigenvalue weighted by molar-refractivity contribution is 0.0356. The summed E-state index contributed by atoms with van der Waals surface area (Å²) in [5, 5.41) is 0. The standard InChI is InChI=1S/C14H16N6O2/c1-20-7-10(8-20)22-13-3-2-9(4-17-13)11-5-16-6-12(18-11)14(21)19-15/h2-6,10H,7-8,15H2,1H3,(H,19,21). The van der Waals surface area contributed by atoms with Gasteiger partial charge in [-0.15, -0.1) is 0 Å². The molecule has 1 aliphatic rings. The minimum absolute atomic E-state index is 0.151. The van der Waals surface area contributed by atoms with Gasteiger partial charge in [0.25, 0.3) is 5.91 Å². The lowest BCUT2D eigenvalue weighted by atomic mass is 10.2. The number of carbonyl (C=O) groups excluding carboxylic acids is 1. The van der Waals surface area contributed by atoms with Crippen LogP contribution in [0, 0.1) is 0 Å². The molecule has 0 radical (unpaired) electrons. The number of nitrogens with one attached hydrogen (secondary N) is 1. The molecule has 3 N–H and O–H groups in total. The molecule has 2 aromatic rings. The Hall–Kier alpha value is -2.58. The van der Waals surface area contributed by atoms with Gasteiger partial charge < -0.3 is 4.74 Å². The van der Waals surface area contributed by atoms with Crippen molar-refractivity contribution in [2.45, 2.75) is 6.10 Å². The van der Waals surface area contributed by atoms with Crippen LogP contribution in [-0.2, 0) is 0 Å². The second-order valence-electron chi connectivity index (χ2n) is 5.11. The zero-order valence-corrected chi connectivity index (χ0v) is 12.1. The van der Waals surface area contributed by atoms with Crippen molar-refractivity contribution in [1.82, 2.24) is 25.3 Å². The highest BCUT2D eigenvalue weighted by atomic mass is 16.5. The van der Waals surface area contributed by atoms with Crippen LogP contribution in [0.3, 0.4) is 0 Å². The van der Waals surface area contributed by atoms with E-state index in [4.69, 9.17) is 10.6 Å². The molecule has 0 aromatic carbocycles. The monoisotopic (exact) mass is 300 g/mol. The molecule has 0 spiro atoms. The summed E-state index contributed by atoms with van der Waals surface area (Å²) in [4.78, 5) is 26.1. The number of carbonyl (C=O) groups is 1. The van der Waals surface area contributed by atoms with Crippen LogP contribution in [0.2, 0.25) is 0 Å². The van der Waals surface area contributed by atoms with E-state index in [-0.39, 0.29) is 11.8 Å². The van der Waals surface area contributed by atoms with Crippen LogP contribution in [0.25, 0.3) is 11.3 Å². The van der Waals surface area contributed by atoms with Crippen molar-refractivity contribution in [3.63, 3.8) is 0 Å². The number of hydrogen-bond acceptors (Lipinski definition) is 7. The van der Waals surface area contributed by atoms with Crippen molar-refractivity contribution in [3.8, 4) is 17.1 Å². The van der Waals surface area contributed by atoms with Crippen molar-refractivity contribution in [3.05, 3.63) is 36.4 Å². The van der Waals surface area contributed by atoms with Crippen LogP contribution in [0.15, 0.2) is 30.7 Å². The maximum atomic E-state index is 11.5. The molecule has 1 aliphatic heterocycles. The fourth-order valence-corrected chi connectivity index (χ4v) is 2.18. The Morgan fingerprint density at radius 3 is 2.82 bits per heavy atom. The highest BCUT2D eigenvalue weighted by Crippen LogP contribution is 2.20. The smallest absolute Gasteiger partial charge is 0.285 e. The number of aromatic nitrogens is 3. The maximum absolute atomic E-state index is 11.5. The second kappa shape index (κ2) is 6.04. The predicted octanol–water partition coefficient (Wildman–Crippen LogP) is -0.165. The highest BCUT2D eigenvalue weighted by Gasteiger charge is 2.25. The Bertz CT molecular complexity index is 669. The van der Waals surface area contributed by atoms with E-state index in [1.807, 2.05) is 18.5 Å². The van der Waals surface area contributed by atoms with Gasteiger partial charge >= 0.3 is 0 Å². The average molecular weight is 300 g/mol. The third-order valence-corrected chi connectivity index (χ3v) is 3.35. The summed E-state index contributed by atoms with van der Waals surface area (Å²) < 4.78 is 5.72. The number of nitrogen functional groups attached to an aromatic ring is 1. The van der Waals surface area contributed by atoms with Gasteiger partial charge in [-0.2, -0.15) is 0 Å². The summed E-state index contributed by atoms with van der Waals surface area (Å²) in [7, 11) is 2.04. The second-order valence-corrected chi connectivity index (χ2v) is 5.11. The molecule has 22 heavy (non-hydrogen) atoms. The van der Waals surface area contributed by atoms with E-state index >= 15 is 0 Å². The topological polar surface area (TPSA) is 106 Å². The molecule has 3 rings (SSSR count). The van der Waals surface area contributed by atoms with Gasteiger partial charge in [-0.05, 0) is 13.1 Å². The number of amides is 1. The fourth-order valence-electron chi connectivity index (χ4n) is 2.18. The van der Waals surface area contributed by atoms with Gasteiger partial charge in [0, 0.05) is 30.9 Å². The Labute approximate surface area is 127 Å². The number of likely N-dealkylation sites (N-methyl/N-ethyl adjacent to an activating group) is 1. The molecule has 0 aliphatic carbocycles. The molecular weight excluding hydrogens is 284 g/mol. The minimum atomic E-state index is -0.489. The van der Waals surface area contributed by atoms with Crippen LogP contribution in [0.5, 0.6) is 5.88 Å². The third-order valence-electron chi connectivity index (χ3n) is 3.35. The molecule has 8 heteroatoms. The minimum Gasteiger partial charge on any atom is -0.472 e. The first-order valence-electron chi connectivity index (χ1n) is 6.80. The molecule has 3 heterocycles. The Morgan fingerprint density at radius 1 is 1.36 bits per heavy atom. The van der Waals surface area contributed by atoms with Crippen molar-refractivity contribution < 1.29 is 9.53 Å². The van der Waals surface area contributed by atoms with Crippen LogP contribution < -0.4 is 16.0 Å². The molecule has 2 aromatic heterocycles. The van der Waals surface area contributed by atoms with Crippen LogP contribution in [0.1, 0.15) is 10.5 Å². The zero-order chi connectivity index (χ0) is 15.5. The van der Waals surface area contributed by atoms with E-state index in [0.29, 0.717) is 11.6 Å². The van der Waals surface area contributed by atoms with Gasteiger partial charge in [0.2, 0.25) is 5.88 Å². The number of ether oxygens (including phenoxy) is 1. The summed E-state index contributed by atoms with van der Waals surface area (Å²) in [6, 6.07) is 3.61. The molecule has 1 saturated heterocycles. The van der Waals surface area contributed by atoms with E-state index in [1.165, 1.54) is 6.20 Å². The molecule has 114 valence electrons. The molecule has 0 bridgehead atoms. The van der Waals surface area contributed by atoms with Crippen LogP contribution >= 0.6 is 0 Å². The molecule has 1 fully saturated rings. The highest BCUT2D eigenvalue weighted by molar-refractivity contribution is 5.91. The van der Waals surface area contributed by atoms with Gasteiger partial charge in [-0.25, -0.2) is 15.8 Å². The lowest BCUT2D eigenvalue weighted by Gasteiger charge is -2.35. The molecule has 8 nitrogen and oxygen atoms in total. The summed E-state index contributed by atoms with van der Waals surface area (Å²) in [5.74, 6) is 5.17. The largest absolute Gasteiger partial charge is 0.472 e.